The number of amides is 2. The molecule has 0 bridgehead atoms. The van der Waals surface area contributed by atoms with Crippen LogP contribution in [-0.2, 0) is 14.3 Å². The van der Waals surface area contributed by atoms with E-state index in [0.717, 1.165) is 30.0 Å². The third kappa shape index (κ3) is 4.75. The Kier molecular flexibility index (Phi) is 6.86. The van der Waals surface area contributed by atoms with Gasteiger partial charge in [-0.25, -0.2) is 0 Å². The molecule has 3 rings (SSSR count). The molecular weight excluding hydrogens is 368 g/mol. The van der Waals surface area contributed by atoms with E-state index in [4.69, 9.17) is 4.74 Å². The lowest BCUT2D eigenvalue weighted by Gasteiger charge is -2.17. The van der Waals surface area contributed by atoms with E-state index < -0.39 is 17.9 Å². The fourth-order valence-corrected chi connectivity index (χ4v) is 3.73. The second kappa shape index (κ2) is 9.54. The van der Waals surface area contributed by atoms with E-state index in [1.54, 1.807) is 24.0 Å². The van der Waals surface area contributed by atoms with Crippen molar-refractivity contribution in [2.75, 3.05) is 19.7 Å². The number of hydrogen-bond donors (Lipinski definition) is 1. The van der Waals surface area contributed by atoms with E-state index in [9.17, 15) is 14.4 Å². The summed E-state index contributed by atoms with van der Waals surface area (Å²) in [6.07, 6.45) is 2.94. The van der Waals surface area contributed by atoms with E-state index in [2.05, 4.69) is 12.2 Å². The Morgan fingerprint density at radius 3 is 2.59 bits per heavy atom. The van der Waals surface area contributed by atoms with Crippen LogP contribution in [0.4, 0.5) is 0 Å². The Hall–Kier alpha value is -2.89. The summed E-state index contributed by atoms with van der Waals surface area (Å²) in [6.45, 7) is 4.94. The Bertz CT molecular complexity index is 895. The van der Waals surface area contributed by atoms with Crippen LogP contribution in [-0.4, -0.2) is 48.4 Å². The maximum Gasteiger partial charge on any atom is 0.313 e. The van der Waals surface area contributed by atoms with Gasteiger partial charge in [-0.15, -0.1) is 0 Å². The maximum absolute atomic E-state index is 12.9. The number of likely N-dealkylation sites (tertiary alicyclic amines) is 1. The highest BCUT2D eigenvalue weighted by atomic mass is 16.5. The molecule has 0 spiro atoms. The molecule has 1 saturated heterocycles. The molecular formula is C23H28N2O4. The van der Waals surface area contributed by atoms with Crippen LogP contribution in [0, 0.1) is 5.92 Å². The molecule has 2 atom stereocenters. The summed E-state index contributed by atoms with van der Waals surface area (Å²) < 4.78 is 5.15. The number of unbranched alkanes of at least 4 members (excludes halogenated alkanes) is 2. The lowest BCUT2D eigenvalue weighted by Crippen LogP contribution is -2.46. The Labute approximate surface area is 171 Å². The van der Waals surface area contributed by atoms with Gasteiger partial charge in [-0.1, -0.05) is 50.1 Å². The predicted molar refractivity (Wildman–Crippen MR) is 111 cm³/mol. The van der Waals surface area contributed by atoms with Gasteiger partial charge in [-0.3, -0.25) is 14.4 Å². The van der Waals surface area contributed by atoms with Crippen molar-refractivity contribution in [1.82, 2.24) is 10.2 Å². The third-order valence-corrected chi connectivity index (χ3v) is 5.32. The number of ether oxygens (including phenoxy) is 1. The van der Waals surface area contributed by atoms with Gasteiger partial charge in [0.15, 0.2) is 0 Å². The van der Waals surface area contributed by atoms with Crippen molar-refractivity contribution in [1.29, 1.82) is 0 Å². The van der Waals surface area contributed by atoms with Crippen LogP contribution in [0.3, 0.4) is 0 Å². The van der Waals surface area contributed by atoms with Gasteiger partial charge in [0, 0.05) is 18.7 Å². The van der Waals surface area contributed by atoms with Crippen LogP contribution in [0.5, 0.6) is 0 Å². The molecule has 2 aromatic carbocycles. The number of carbonyl (C=O) groups excluding carboxylic acids is 3. The largest absolute Gasteiger partial charge is 0.466 e. The first kappa shape index (κ1) is 20.8. The highest BCUT2D eigenvalue weighted by Crippen LogP contribution is 2.22. The van der Waals surface area contributed by atoms with Gasteiger partial charge in [0.2, 0.25) is 5.91 Å². The van der Waals surface area contributed by atoms with E-state index >= 15 is 0 Å². The number of carbonyl (C=O) groups is 3. The number of nitrogens with zero attached hydrogens (tertiary/aromatic N) is 1. The summed E-state index contributed by atoms with van der Waals surface area (Å²) in [5, 5.41) is 4.77. The summed E-state index contributed by atoms with van der Waals surface area (Å²) in [4.78, 5) is 39.8. The summed E-state index contributed by atoms with van der Waals surface area (Å²) in [7, 11) is 0. The van der Waals surface area contributed by atoms with Gasteiger partial charge >= 0.3 is 5.97 Å². The molecule has 2 aromatic rings. The standard InChI is InChI=1S/C23H28N2O4/c1-3-5-8-13-25-15-19(23(28)29-4-2)20(22(25)27)24-21(26)18-12-11-16-9-6-7-10-17(16)14-18/h6-7,9-12,14,19-20H,3-5,8,13,15H2,1-2H3,(H,24,26)/t19-,20-/m1/s1. The monoisotopic (exact) mass is 396 g/mol. The SMILES string of the molecule is CCCCCN1C[C@@H](C(=O)OCC)[C@@H](NC(=O)c2ccc3ccccc3c2)C1=O. The molecule has 154 valence electrons. The highest BCUT2D eigenvalue weighted by Gasteiger charge is 2.45. The molecule has 6 nitrogen and oxygen atoms in total. The number of hydrogen-bond acceptors (Lipinski definition) is 4. The molecule has 0 aliphatic carbocycles. The van der Waals surface area contributed by atoms with E-state index in [1.807, 2.05) is 30.3 Å². The minimum Gasteiger partial charge on any atom is -0.466 e. The van der Waals surface area contributed by atoms with Crippen LogP contribution in [0.1, 0.15) is 43.5 Å². The molecule has 0 radical (unpaired) electrons. The third-order valence-electron chi connectivity index (χ3n) is 5.32. The topological polar surface area (TPSA) is 75.7 Å². The van der Waals surface area contributed by atoms with Crippen LogP contribution < -0.4 is 5.32 Å². The first-order chi connectivity index (χ1) is 14.0. The van der Waals surface area contributed by atoms with Gasteiger partial charge < -0.3 is 15.0 Å². The first-order valence-electron chi connectivity index (χ1n) is 10.3. The fourth-order valence-electron chi connectivity index (χ4n) is 3.73. The summed E-state index contributed by atoms with van der Waals surface area (Å²) in [5.74, 6) is -1.71. The van der Waals surface area contributed by atoms with Crippen molar-refractivity contribution in [2.24, 2.45) is 5.92 Å². The smallest absolute Gasteiger partial charge is 0.313 e. The van der Waals surface area contributed by atoms with Crippen molar-refractivity contribution in [2.45, 2.75) is 39.2 Å². The van der Waals surface area contributed by atoms with Crippen LogP contribution >= 0.6 is 0 Å². The summed E-state index contributed by atoms with van der Waals surface area (Å²) in [5.41, 5.74) is 0.462. The molecule has 0 unspecified atom stereocenters. The first-order valence-corrected chi connectivity index (χ1v) is 10.3. The Morgan fingerprint density at radius 2 is 1.86 bits per heavy atom. The molecule has 0 saturated carbocycles. The average Bonchev–Trinajstić information content (AvgIpc) is 3.04. The summed E-state index contributed by atoms with van der Waals surface area (Å²) >= 11 is 0. The van der Waals surface area contributed by atoms with Crippen LogP contribution in [0.25, 0.3) is 10.8 Å². The van der Waals surface area contributed by atoms with Crippen molar-refractivity contribution in [3.63, 3.8) is 0 Å². The van der Waals surface area contributed by atoms with Gasteiger partial charge in [-0.05, 0) is 36.2 Å². The zero-order valence-electron chi connectivity index (χ0n) is 17.0. The van der Waals surface area contributed by atoms with Crippen molar-refractivity contribution >= 4 is 28.6 Å². The molecule has 1 aliphatic rings. The molecule has 6 heteroatoms. The zero-order chi connectivity index (χ0) is 20.8. The van der Waals surface area contributed by atoms with E-state index in [-0.39, 0.29) is 25.0 Å². The average molecular weight is 396 g/mol. The lowest BCUT2D eigenvalue weighted by atomic mass is 10.0. The van der Waals surface area contributed by atoms with E-state index in [1.165, 1.54) is 0 Å². The molecule has 0 aromatic heterocycles. The number of nitrogens with one attached hydrogen (secondary N) is 1. The van der Waals surface area contributed by atoms with Crippen molar-refractivity contribution in [3.05, 3.63) is 48.0 Å². The Morgan fingerprint density at radius 1 is 1.10 bits per heavy atom. The molecule has 1 heterocycles. The number of benzene rings is 2. The second-order valence-electron chi connectivity index (χ2n) is 7.36. The van der Waals surface area contributed by atoms with Crippen LogP contribution in [0.15, 0.2) is 42.5 Å². The molecule has 2 amide bonds. The van der Waals surface area contributed by atoms with Crippen LogP contribution in [0.2, 0.25) is 0 Å². The quantitative estimate of drug-likeness (QED) is 0.549. The number of rotatable bonds is 8. The minimum absolute atomic E-state index is 0.215. The maximum atomic E-state index is 12.9. The normalized spacial score (nSPS) is 18.8. The molecule has 29 heavy (non-hydrogen) atoms. The predicted octanol–water partition coefficient (Wildman–Crippen LogP) is 3.15. The molecule has 1 fully saturated rings. The highest BCUT2D eigenvalue weighted by molar-refractivity contribution is 6.02. The zero-order valence-corrected chi connectivity index (χ0v) is 17.0. The Balaban J connectivity index is 1.77. The number of fused-ring (bicyclic) bond motifs is 1. The minimum atomic E-state index is -0.894. The van der Waals surface area contributed by atoms with Gasteiger partial charge in [0.1, 0.15) is 12.0 Å². The van der Waals surface area contributed by atoms with Gasteiger partial charge in [-0.2, -0.15) is 0 Å². The molecule has 1 aliphatic heterocycles. The fraction of sp³-hybridized carbons (Fsp3) is 0.435. The molecule has 1 N–H and O–H groups in total. The van der Waals surface area contributed by atoms with E-state index in [0.29, 0.717) is 12.1 Å². The van der Waals surface area contributed by atoms with Gasteiger partial charge in [0.05, 0.1) is 6.61 Å². The van der Waals surface area contributed by atoms with Crippen molar-refractivity contribution in [3.8, 4) is 0 Å². The van der Waals surface area contributed by atoms with Crippen molar-refractivity contribution < 1.29 is 19.1 Å². The second-order valence-corrected chi connectivity index (χ2v) is 7.36. The lowest BCUT2D eigenvalue weighted by molar-refractivity contribution is -0.148. The number of esters is 1. The van der Waals surface area contributed by atoms with Gasteiger partial charge in [0.25, 0.3) is 5.91 Å². The summed E-state index contributed by atoms with van der Waals surface area (Å²) in [6, 6.07) is 12.3.